The van der Waals surface area contributed by atoms with Crippen LogP contribution in [0, 0.1) is 6.42 Å². The Hall–Kier alpha value is -0.603. The van der Waals surface area contributed by atoms with E-state index in [1.54, 1.807) is 0 Å². The molecule has 1 aromatic carbocycles. The van der Waals surface area contributed by atoms with Crippen molar-refractivity contribution in [1.82, 2.24) is 0 Å². The highest BCUT2D eigenvalue weighted by Crippen LogP contribution is 2.06. The standard InChI is InChI=1S/C9H12OSi/c1-11(10)8-7-9-5-3-2-4-6-9/h2-7,11H,8H2,1H3. The molecule has 0 fully saturated rings. The minimum atomic E-state index is -1.65. The van der Waals surface area contributed by atoms with Crippen LogP contribution in [0.5, 0.6) is 0 Å². The molecule has 0 saturated heterocycles. The van der Waals surface area contributed by atoms with E-state index in [1.807, 2.05) is 43.3 Å². The molecular formula is C9H12OSi. The van der Waals surface area contributed by atoms with Crippen LogP contribution in [-0.2, 0) is 4.80 Å². The second-order valence-electron chi connectivity index (χ2n) is 2.66. The highest BCUT2D eigenvalue weighted by molar-refractivity contribution is 6.48. The molecule has 1 atom stereocenters. The number of rotatable bonds is 3. The molecule has 0 amide bonds. The van der Waals surface area contributed by atoms with Crippen molar-refractivity contribution in [2.24, 2.45) is 0 Å². The molecule has 0 aliphatic rings. The van der Waals surface area contributed by atoms with Crippen molar-refractivity contribution in [3.05, 3.63) is 42.3 Å². The molecule has 1 aromatic rings. The Balaban J connectivity index is 2.39. The molecule has 1 rings (SSSR count). The van der Waals surface area contributed by atoms with Crippen LogP contribution in [-0.4, -0.2) is 9.04 Å². The van der Waals surface area contributed by atoms with E-state index in [2.05, 4.69) is 0 Å². The minimum Gasteiger partial charge on any atom is -0.302 e. The van der Waals surface area contributed by atoms with Gasteiger partial charge in [0.25, 0.3) is 0 Å². The second kappa shape index (κ2) is 4.31. The Morgan fingerprint density at radius 3 is 2.55 bits per heavy atom. The maximum absolute atomic E-state index is 10.8. The summed E-state index contributed by atoms with van der Waals surface area (Å²) in [5, 5.41) is 0. The van der Waals surface area contributed by atoms with Gasteiger partial charge in [-0.2, -0.15) is 0 Å². The zero-order chi connectivity index (χ0) is 8.10. The molecule has 0 N–H and O–H groups in total. The summed E-state index contributed by atoms with van der Waals surface area (Å²) < 4.78 is 0. The van der Waals surface area contributed by atoms with Crippen LogP contribution in [0.1, 0.15) is 5.56 Å². The first-order chi connectivity index (χ1) is 5.29. The molecule has 0 heterocycles. The fourth-order valence-electron chi connectivity index (χ4n) is 0.891. The highest BCUT2D eigenvalue weighted by Gasteiger charge is 2.00. The lowest BCUT2D eigenvalue weighted by atomic mass is 10.2. The van der Waals surface area contributed by atoms with Gasteiger partial charge in [0, 0.05) is 0 Å². The third-order valence-electron chi connectivity index (χ3n) is 1.49. The lowest BCUT2D eigenvalue weighted by Crippen LogP contribution is -2.02. The topological polar surface area (TPSA) is 19.9 Å². The molecule has 0 aliphatic heterocycles. The molecule has 0 saturated carbocycles. The molecule has 58 valence electrons. The van der Waals surface area contributed by atoms with E-state index in [-0.39, 0.29) is 0 Å². The fourth-order valence-corrected chi connectivity index (χ4v) is 1.50. The average Bonchev–Trinajstić information content (AvgIpc) is 2.03. The summed E-state index contributed by atoms with van der Waals surface area (Å²) in [5.74, 6) is 0. The lowest BCUT2D eigenvalue weighted by Gasteiger charge is -1.98. The molecule has 2 heteroatoms. The minimum absolute atomic E-state index is 0.754. The van der Waals surface area contributed by atoms with Gasteiger partial charge in [-0.25, -0.2) is 0 Å². The summed E-state index contributed by atoms with van der Waals surface area (Å²) in [6.07, 6.45) is 2.03. The van der Waals surface area contributed by atoms with Gasteiger partial charge in [0.1, 0.15) is 0 Å². The first kappa shape index (κ1) is 8.49. The third-order valence-corrected chi connectivity index (χ3v) is 2.38. The van der Waals surface area contributed by atoms with Crippen LogP contribution in [0.25, 0.3) is 0 Å². The van der Waals surface area contributed by atoms with Crippen molar-refractivity contribution in [2.45, 2.75) is 12.6 Å². The largest absolute Gasteiger partial charge is 0.302 e. The van der Waals surface area contributed by atoms with Gasteiger partial charge in [0.2, 0.25) is 9.04 Å². The summed E-state index contributed by atoms with van der Waals surface area (Å²) in [7, 11) is -1.65. The van der Waals surface area contributed by atoms with Gasteiger partial charge in [-0.05, 0) is 24.6 Å². The van der Waals surface area contributed by atoms with Crippen LogP contribution >= 0.6 is 0 Å². The quantitative estimate of drug-likeness (QED) is 0.609. The van der Waals surface area contributed by atoms with Gasteiger partial charge in [0.15, 0.2) is 0 Å². The molecule has 2 radical (unpaired) electrons. The van der Waals surface area contributed by atoms with E-state index >= 15 is 0 Å². The summed E-state index contributed by atoms with van der Waals surface area (Å²) in [6.45, 7) is 1.82. The lowest BCUT2D eigenvalue weighted by molar-refractivity contribution is 0.455. The van der Waals surface area contributed by atoms with Gasteiger partial charge >= 0.3 is 0 Å². The van der Waals surface area contributed by atoms with Crippen molar-refractivity contribution >= 4 is 9.04 Å². The molecule has 0 spiro atoms. The summed E-state index contributed by atoms with van der Waals surface area (Å²) in [5.41, 5.74) is 1.17. The Morgan fingerprint density at radius 2 is 2.00 bits per heavy atom. The van der Waals surface area contributed by atoms with Gasteiger partial charge in [-0.1, -0.05) is 30.3 Å². The van der Waals surface area contributed by atoms with Crippen molar-refractivity contribution in [3.8, 4) is 0 Å². The normalized spacial score (nSPS) is 12.9. The van der Waals surface area contributed by atoms with E-state index in [0.29, 0.717) is 0 Å². The van der Waals surface area contributed by atoms with Crippen molar-refractivity contribution in [1.29, 1.82) is 0 Å². The van der Waals surface area contributed by atoms with Crippen LogP contribution in [0.3, 0.4) is 0 Å². The molecule has 0 aliphatic carbocycles. The smallest absolute Gasteiger partial charge is 0.219 e. The molecule has 1 unspecified atom stereocenters. The molecule has 0 aromatic heterocycles. The first-order valence-corrected chi connectivity index (χ1v) is 6.27. The fraction of sp³-hybridized carbons (Fsp3) is 0.222. The predicted molar refractivity (Wildman–Crippen MR) is 48.4 cm³/mol. The Kier molecular flexibility index (Phi) is 3.33. The summed E-state index contributed by atoms with van der Waals surface area (Å²) in [6, 6.07) is 10.8. The number of hydrogen-bond donors (Lipinski definition) is 0. The van der Waals surface area contributed by atoms with Gasteiger partial charge in [-0.3, -0.25) is 0 Å². The van der Waals surface area contributed by atoms with E-state index < -0.39 is 9.04 Å². The van der Waals surface area contributed by atoms with Crippen LogP contribution < -0.4 is 0 Å². The van der Waals surface area contributed by atoms with E-state index in [9.17, 15) is 4.80 Å². The maximum Gasteiger partial charge on any atom is 0.219 e. The molecule has 0 bridgehead atoms. The van der Waals surface area contributed by atoms with Crippen molar-refractivity contribution in [3.63, 3.8) is 0 Å². The Morgan fingerprint density at radius 1 is 1.36 bits per heavy atom. The Labute approximate surface area is 69.4 Å². The first-order valence-electron chi connectivity index (χ1n) is 3.83. The van der Waals surface area contributed by atoms with Crippen molar-refractivity contribution in [2.75, 3.05) is 0 Å². The van der Waals surface area contributed by atoms with E-state index in [0.717, 1.165) is 6.04 Å². The predicted octanol–water partition coefficient (Wildman–Crippen LogP) is 2.02. The number of benzene rings is 1. The summed E-state index contributed by atoms with van der Waals surface area (Å²) in [4.78, 5) is 10.8. The second-order valence-corrected chi connectivity index (χ2v) is 4.75. The maximum atomic E-state index is 10.8. The van der Waals surface area contributed by atoms with Crippen LogP contribution in [0.2, 0.25) is 12.6 Å². The van der Waals surface area contributed by atoms with Crippen molar-refractivity contribution < 1.29 is 4.80 Å². The zero-order valence-electron chi connectivity index (χ0n) is 6.66. The third kappa shape index (κ3) is 3.35. The van der Waals surface area contributed by atoms with Crippen LogP contribution in [0.4, 0.5) is 0 Å². The molecule has 11 heavy (non-hydrogen) atoms. The van der Waals surface area contributed by atoms with Crippen LogP contribution in [0.15, 0.2) is 30.3 Å². The highest BCUT2D eigenvalue weighted by atomic mass is 28.3. The van der Waals surface area contributed by atoms with Gasteiger partial charge < -0.3 is 4.80 Å². The SMILES string of the molecule is C[SiH]([O])C[CH]c1ccccc1. The van der Waals surface area contributed by atoms with Gasteiger partial charge in [0.05, 0.1) is 0 Å². The number of hydrogen-bond acceptors (Lipinski definition) is 0. The summed E-state index contributed by atoms with van der Waals surface area (Å²) >= 11 is 0. The van der Waals surface area contributed by atoms with E-state index in [1.165, 1.54) is 5.56 Å². The average molecular weight is 164 g/mol. The zero-order valence-corrected chi connectivity index (χ0v) is 7.81. The monoisotopic (exact) mass is 164 g/mol. The molecule has 1 nitrogen and oxygen atoms in total. The molecular weight excluding hydrogens is 152 g/mol. The van der Waals surface area contributed by atoms with Gasteiger partial charge in [-0.15, -0.1) is 0 Å². The Bertz CT molecular complexity index is 196. The van der Waals surface area contributed by atoms with E-state index in [4.69, 9.17) is 0 Å².